The maximum absolute atomic E-state index is 6.47. The van der Waals surface area contributed by atoms with E-state index in [1.807, 2.05) is 41.2 Å². The normalized spacial score (nSPS) is 11.3. The third-order valence-electron chi connectivity index (χ3n) is 9.34. The zero-order chi connectivity index (χ0) is 33.0. The molecular weight excluding hydrogens is 723 g/mol. The van der Waals surface area contributed by atoms with Crippen molar-refractivity contribution in [2.24, 2.45) is 0 Å². The maximum atomic E-state index is 6.47. The first-order valence-corrected chi connectivity index (χ1v) is 18.0. The summed E-state index contributed by atoms with van der Waals surface area (Å²) in [5.41, 5.74) is 13.1. The summed E-state index contributed by atoms with van der Waals surface area (Å²) in [6, 6.07) is 29.6. The summed E-state index contributed by atoms with van der Waals surface area (Å²) >= 11 is 3.38. The van der Waals surface area contributed by atoms with E-state index in [1.54, 1.807) is 23.5 Å². The van der Waals surface area contributed by atoms with E-state index < -0.39 is 0 Å². The van der Waals surface area contributed by atoms with E-state index in [0.29, 0.717) is 11.5 Å². The van der Waals surface area contributed by atoms with Crippen molar-refractivity contribution in [1.82, 2.24) is 19.3 Å². The zero-order valence-corrected chi connectivity index (χ0v) is 31.4. The summed E-state index contributed by atoms with van der Waals surface area (Å²) < 4.78 is 10.6. The Morgan fingerprint density at radius 1 is 0.688 bits per heavy atom. The maximum Gasteiger partial charge on any atom is 2.00 e. The Bertz CT molecular complexity index is 2310. The number of para-hydroxylation sites is 1. The van der Waals surface area contributed by atoms with Crippen LogP contribution in [0.25, 0.3) is 44.4 Å². The molecule has 244 valence electrons. The molecule has 0 atom stereocenters. The van der Waals surface area contributed by atoms with Gasteiger partial charge in [0.25, 0.3) is 0 Å². The van der Waals surface area contributed by atoms with Gasteiger partial charge in [-0.2, -0.15) is 17.2 Å². The number of nitrogens with zero attached hydrogens (tertiary/aromatic N) is 4. The molecular formula is C40H36N4OPdS2. The number of aryl methyl sites for hydroxylation is 1. The van der Waals surface area contributed by atoms with E-state index in [2.05, 4.69) is 107 Å². The molecule has 3 aromatic heterocycles. The molecule has 0 unspecified atom stereocenters. The third-order valence-corrected chi connectivity index (χ3v) is 10.8. The van der Waals surface area contributed by atoms with Gasteiger partial charge >= 0.3 is 20.4 Å². The largest absolute Gasteiger partial charge is 2.00 e. The van der Waals surface area contributed by atoms with Gasteiger partial charge in [0.2, 0.25) is 0 Å². The van der Waals surface area contributed by atoms with E-state index in [-0.39, 0.29) is 20.4 Å². The zero-order valence-electron chi connectivity index (χ0n) is 28.3. The Hall–Kier alpha value is -3.80. The summed E-state index contributed by atoms with van der Waals surface area (Å²) in [4.78, 5) is 4.70. The van der Waals surface area contributed by atoms with Crippen molar-refractivity contribution in [2.75, 3.05) is 12.5 Å². The van der Waals surface area contributed by atoms with Crippen LogP contribution in [0.1, 0.15) is 33.4 Å². The van der Waals surface area contributed by atoms with Crippen molar-refractivity contribution in [3.05, 3.63) is 118 Å². The molecule has 0 spiro atoms. The Labute approximate surface area is 304 Å². The summed E-state index contributed by atoms with van der Waals surface area (Å²) in [6.07, 6.45) is 6.06. The van der Waals surface area contributed by atoms with E-state index >= 15 is 0 Å². The molecule has 4 aromatic carbocycles. The van der Waals surface area contributed by atoms with Gasteiger partial charge < -0.3 is 9.30 Å². The molecule has 0 bridgehead atoms. The van der Waals surface area contributed by atoms with Crippen molar-refractivity contribution in [3.63, 3.8) is 0 Å². The minimum absolute atomic E-state index is 0. The van der Waals surface area contributed by atoms with Gasteiger partial charge in [-0.3, -0.25) is 4.68 Å². The molecule has 7 aromatic rings. The Balaban J connectivity index is 0.00000401. The van der Waals surface area contributed by atoms with Crippen molar-refractivity contribution < 1.29 is 25.2 Å². The molecule has 0 aliphatic carbocycles. The number of hydrogen-bond acceptors (Lipinski definition) is 5. The topological polar surface area (TPSA) is 44.9 Å². The fraction of sp³-hybridized carbons (Fsp3) is 0.200. The van der Waals surface area contributed by atoms with Crippen LogP contribution in [0.5, 0.6) is 11.5 Å². The van der Waals surface area contributed by atoms with Gasteiger partial charge in [0, 0.05) is 28.8 Å². The van der Waals surface area contributed by atoms with Crippen LogP contribution >= 0.6 is 23.5 Å². The summed E-state index contributed by atoms with van der Waals surface area (Å²) in [6.45, 7) is 13.2. The van der Waals surface area contributed by atoms with Crippen molar-refractivity contribution in [1.29, 1.82) is 0 Å². The number of hydrogen-bond donors (Lipinski definition) is 0. The molecule has 0 aliphatic heterocycles. The Morgan fingerprint density at radius 2 is 1.40 bits per heavy atom. The van der Waals surface area contributed by atoms with E-state index in [1.165, 1.54) is 38.9 Å². The van der Waals surface area contributed by atoms with E-state index in [0.717, 1.165) is 48.9 Å². The molecule has 7 rings (SSSR count). The molecule has 0 saturated heterocycles. The standard InChI is InChI=1S/C40H36N4OS2.Pd/c1-23-18-19-41-36(20-23)43-34-15-10-9-14-32(34)33-17-16-31(22-35(33)43)45-30-13-11-12-29(21-30)44-40(47-8)38(39(42-44)46-7)37-27(5)25(3)24(2)26(4)28(37)6;/h9-20H,1-8H3;/q-2;+2. The summed E-state index contributed by atoms with van der Waals surface area (Å²) in [5.74, 6) is 2.06. The van der Waals surface area contributed by atoms with Crippen LogP contribution in [-0.4, -0.2) is 31.8 Å². The molecule has 5 nitrogen and oxygen atoms in total. The van der Waals surface area contributed by atoms with E-state index in [9.17, 15) is 0 Å². The number of aromatic nitrogens is 4. The fourth-order valence-corrected chi connectivity index (χ4v) is 7.86. The summed E-state index contributed by atoms with van der Waals surface area (Å²) in [7, 11) is 0. The van der Waals surface area contributed by atoms with Gasteiger partial charge in [0.15, 0.2) is 0 Å². The number of ether oxygens (including phenoxy) is 1. The van der Waals surface area contributed by atoms with E-state index in [4.69, 9.17) is 14.8 Å². The SMILES string of the molecule is CSc1nn(-c2[c-]c(Oc3[c-]c4c(cc3)c3ccccc3n4-c3cc(C)ccn3)ccc2)c(SC)c1-c1c(C)c(C)c(C)c(C)c1C.[Pd+2]. The van der Waals surface area contributed by atoms with Crippen LogP contribution < -0.4 is 4.74 Å². The quantitative estimate of drug-likeness (QED) is 0.0920. The number of fused-ring (bicyclic) bond motifs is 3. The molecule has 0 aliphatic rings. The number of thioether (sulfide) groups is 2. The molecule has 8 heteroatoms. The van der Waals surface area contributed by atoms with Gasteiger partial charge in [-0.25, -0.2) is 4.98 Å². The van der Waals surface area contributed by atoms with Crippen LogP contribution in [0.15, 0.2) is 83.0 Å². The minimum Gasteiger partial charge on any atom is -0.509 e. The van der Waals surface area contributed by atoms with Gasteiger partial charge in [-0.05, 0) is 122 Å². The predicted octanol–water partition coefficient (Wildman–Crippen LogP) is 10.7. The smallest absolute Gasteiger partial charge is 0.509 e. The second-order valence-corrected chi connectivity index (χ2v) is 13.5. The number of pyridine rings is 1. The summed E-state index contributed by atoms with van der Waals surface area (Å²) in [5, 5.41) is 9.46. The average molecular weight is 759 g/mol. The minimum atomic E-state index is 0. The second-order valence-electron chi connectivity index (χ2n) is 11.9. The number of benzene rings is 4. The molecule has 0 fully saturated rings. The van der Waals surface area contributed by atoms with Crippen molar-refractivity contribution in [3.8, 4) is 34.1 Å². The second kappa shape index (κ2) is 13.6. The monoisotopic (exact) mass is 758 g/mol. The van der Waals surface area contributed by atoms with Gasteiger partial charge in [0.05, 0.1) is 0 Å². The van der Waals surface area contributed by atoms with Crippen LogP contribution in [0.3, 0.4) is 0 Å². The van der Waals surface area contributed by atoms with Gasteiger partial charge in [0.1, 0.15) is 15.9 Å². The van der Waals surface area contributed by atoms with Crippen LogP contribution in [-0.2, 0) is 20.4 Å². The fourth-order valence-electron chi connectivity index (χ4n) is 6.52. The molecule has 0 amide bonds. The molecule has 0 N–H and O–H groups in total. The Morgan fingerprint density at radius 3 is 2.10 bits per heavy atom. The predicted molar refractivity (Wildman–Crippen MR) is 197 cm³/mol. The molecule has 3 heterocycles. The average Bonchev–Trinajstić information content (AvgIpc) is 3.62. The molecule has 0 radical (unpaired) electrons. The third kappa shape index (κ3) is 5.69. The first kappa shape index (κ1) is 34.1. The van der Waals surface area contributed by atoms with Crippen LogP contribution in [0.2, 0.25) is 0 Å². The first-order chi connectivity index (χ1) is 22.7. The van der Waals surface area contributed by atoms with Crippen molar-refractivity contribution >= 4 is 45.3 Å². The van der Waals surface area contributed by atoms with Crippen LogP contribution in [0.4, 0.5) is 0 Å². The molecule has 0 saturated carbocycles. The number of rotatable bonds is 7. The van der Waals surface area contributed by atoms with Crippen LogP contribution in [0, 0.1) is 53.7 Å². The first-order valence-electron chi connectivity index (χ1n) is 15.6. The van der Waals surface area contributed by atoms with Crippen molar-refractivity contribution in [2.45, 2.75) is 51.6 Å². The van der Waals surface area contributed by atoms with Gasteiger partial charge in [-0.1, -0.05) is 23.7 Å². The van der Waals surface area contributed by atoms with Gasteiger partial charge in [-0.15, -0.1) is 59.2 Å². The Kier molecular flexibility index (Phi) is 9.66. The molecule has 48 heavy (non-hydrogen) atoms.